The molecule has 0 spiro atoms. The van der Waals surface area contributed by atoms with Crippen LogP contribution in [0.1, 0.15) is 12.0 Å². The Balaban J connectivity index is 2.20. The third-order valence-corrected chi connectivity index (χ3v) is 2.81. The third-order valence-electron chi connectivity index (χ3n) is 2.81. The zero-order chi connectivity index (χ0) is 11.5. The lowest BCUT2D eigenvalue weighted by Crippen LogP contribution is -2.26. The Labute approximate surface area is 93.9 Å². The van der Waals surface area contributed by atoms with Crippen LogP contribution in [0.5, 0.6) is 0 Å². The van der Waals surface area contributed by atoms with Gasteiger partial charge in [-0.25, -0.2) is 4.98 Å². The summed E-state index contributed by atoms with van der Waals surface area (Å²) in [7, 11) is 0. The second-order valence-corrected chi connectivity index (χ2v) is 3.99. The van der Waals surface area contributed by atoms with Crippen LogP contribution in [0.4, 0.5) is 5.82 Å². The van der Waals surface area contributed by atoms with Gasteiger partial charge in [-0.05, 0) is 30.2 Å². The number of aliphatic hydroxyl groups excluding tert-OH is 1. The molecule has 1 aromatic heterocycles. The molecule has 0 aliphatic carbocycles. The van der Waals surface area contributed by atoms with E-state index in [0.717, 1.165) is 5.56 Å². The molecule has 5 heteroatoms. The number of hydrogen-bond donors (Lipinski definition) is 2. The first-order valence-electron chi connectivity index (χ1n) is 5.31. The van der Waals surface area contributed by atoms with Gasteiger partial charge in [0.1, 0.15) is 5.82 Å². The summed E-state index contributed by atoms with van der Waals surface area (Å²) < 4.78 is 0. The van der Waals surface area contributed by atoms with Gasteiger partial charge in [-0.2, -0.15) is 0 Å². The maximum atomic E-state index is 11.7. The van der Waals surface area contributed by atoms with Crippen LogP contribution < -0.4 is 10.6 Å². The van der Waals surface area contributed by atoms with Gasteiger partial charge in [0.15, 0.2) is 0 Å². The number of carbonyl (C=O) groups excluding carboxylic acids is 1. The number of nitrogens with zero attached hydrogens (tertiary/aromatic N) is 2. The highest BCUT2D eigenvalue weighted by atomic mass is 16.3. The van der Waals surface area contributed by atoms with E-state index < -0.39 is 0 Å². The predicted molar refractivity (Wildman–Crippen MR) is 59.7 cm³/mol. The Kier molecular flexibility index (Phi) is 3.17. The molecule has 0 saturated carbocycles. The molecule has 0 bridgehead atoms. The Morgan fingerprint density at radius 3 is 3.06 bits per heavy atom. The van der Waals surface area contributed by atoms with Crippen LogP contribution in [0.25, 0.3) is 0 Å². The molecule has 1 amide bonds. The molecule has 1 saturated heterocycles. The summed E-state index contributed by atoms with van der Waals surface area (Å²) in [5, 5.41) is 9.02. The van der Waals surface area contributed by atoms with Crippen molar-refractivity contribution >= 4 is 11.7 Å². The molecule has 1 unspecified atom stereocenters. The molecule has 5 nitrogen and oxygen atoms in total. The number of aromatic nitrogens is 1. The summed E-state index contributed by atoms with van der Waals surface area (Å²) in [6, 6.07) is 3.46. The normalized spacial score (nSPS) is 20.5. The Hall–Kier alpha value is -1.46. The standard InChI is InChI=1S/C11H15N3O2/c12-5-9-4-11(16)14(6-9)10-3-8(7-15)1-2-13-10/h1-3,9,15H,4-7,12H2. The summed E-state index contributed by atoms with van der Waals surface area (Å²) in [5.74, 6) is 0.873. The first-order chi connectivity index (χ1) is 7.74. The van der Waals surface area contributed by atoms with Gasteiger partial charge in [0.2, 0.25) is 5.91 Å². The Morgan fingerprint density at radius 2 is 2.44 bits per heavy atom. The molecule has 16 heavy (non-hydrogen) atoms. The third kappa shape index (κ3) is 2.05. The molecule has 3 N–H and O–H groups in total. The molecule has 1 atom stereocenters. The lowest BCUT2D eigenvalue weighted by molar-refractivity contribution is -0.117. The zero-order valence-electron chi connectivity index (χ0n) is 8.97. The van der Waals surface area contributed by atoms with Crippen LogP contribution in [0.15, 0.2) is 18.3 Å². The van der Waals surface area contributed by atoms with Crippen molar-refractivity contribution in [1.82, 2.24) is 4.98 Å². The molecule has 2 rings (SSSR count). The summed E-state index contributed by atoms with van der Waals surface area (Å²) in [4.78, 5) is 17.5. The van der Waals surface area contributed by atoms with E-state index in [1.54, 1.807) is 23.2 Å². The van der Waals surface area contributed by atoms with E-state index in [1.807, 2.05) is 0 Å². The molecular formula is C11H15N3O2. The lowest BCUT2D eigenvalue weighted by atomic mass is 10.1. The summed E-state index contributed by atoms with van der Waals surface area (Å²) in [5.41, 5.74) is 6.31. The van der Waals surface area contributed by atoms with Crippen molar-refractivity contribution in [3.63, 3.8) is 0 Å². The molecule has 0 aromatic carbocycles. The van der Waals surface area contributed by atoms with E-state index in [1.165, 1.54) is 0 Å². The number of carbonyl (C=O) groups is 1. The minimum Gasteiger partial charge on any atom is -0.392 e. The Bertz CT molecular complexity index is 395. The molecule has 0 radical (unpaired) electrons. The number of pyridine rings is 1. The molecule has 2 heterocycles. The molecule has 1 aliphatic heterocycles. The zero-order valence-corrected chi connectivity index (χ0v) is 8.97. The smallest absolute Gasteiger partial charge is 0.228 e. The monoisotopic (exact) mass is 221 g/mol. The average molecular weight is 221 g/mol. The van der Waals surface area contributed by atoms with Crippen molar-refractivity contribution in [2.45, 2.75) is 13.0 Å². The fourth-order valence-corrected chi connectivity index (χ4v) is 1.87. The average Bonchev–Trinajstić information content (AvgIpc) is 2.71. The number of anilines is 1. The van der Waals surface area contributed by atoms with Crippen LogP contribution in [0, 0.1) is 5.92 Å². The van der Waals surface area contributed by atoms with Crippen molar-refractivity contribution in [1.29, 1.82) is 0 Å². The quantitative estimate of drug-likeness (QED) is 0.746. The first kappa shape index (κ1) is 11.0. The van der Waals surface area contributed by atoms with Gasteiger partial charge in [-0.1, -0.05) is 0 Å². The number of hydrogen-bond acceptors (Lipinski definition) is 4. The van der Waals surface area contributed by atoms with Crippen LogP contribution in [0.3, 0.4) is 0 Å². The summed E-state index contributed by atoms with van der Waals surface area (Å²) in [6.07, 6.45) is 2.09. The highest BCUT2D eigenvalue weighted by molar-refractivity contribution is 5.94. The van der Waals surface area contributed by atoms with Crippen LogP contribution in [0.2, 0.25) is 0 Å². The van der Waals surface area contributed by atoms with Gasteiger partial charge in [-0.15, -0.1) is 0 Å². The Morgan fingerprint density at radius 1 is 1.62 bits per heavy atom. The van der Waals surface area contributed by atoms with Crippen LogP contribution in [-0.4, -0.2) is 29.1 Å². The van der Waals surface area contributed by atoms with Gasteiger partial charge < -0.3 is 10.8 Å². The molecular weight excluding hydrogens is 206 g/mol. The number of amides is 1. The van der Waals surface area contributed by atoms with Crippen molar-refractivity contribution in [3.05, 3.63) is 23.9 Å². The summed E-state index contributed by atoms with van der Waals surface area (Å²) in [6.45, 7) is 1.09. The minimum absolute atomic E-state index is 0.0438. The van der Waals surface area contributed by atoms with Gasteiger partial charge in [0.25, 0.3) is 0 Å². The number of nitrogens with two attached hydrogens (primary N) is 1. The topological polar surface area (TPSA) is 79.5 Å². The molecule has 1 fully saturated rings. The summed E-state index contributed by atoms with van der Waals surface area (Å²) >= 11 is 0. The maximum absolute atomic E-state index is 11.7. The highest BCUT2D eigenvalue weighted by Gasteiger charge is 2.30. The van der Waals surface area contributed by atoms with Gasteiger partial charge in [0, 0.05) is 19.2 Å². The highest BCUT2D eigenvalue weighted by Crippen LogP contribution is 2.23. The van der Waals surface area contributed by atoms with E-state index >= 15 is 0 Å². The van der Waals surface area contributed by atoms with Crippen LogP contribution >= 0.6 is 0 Å². The van der Waals surface area contributed by atoms with E-state index in [-0.39, 0.29) is 18.4 Å². The second kappa shape index (κ2) is 4.59. The maximum Gasteiger partial charge on any atom is 0.228 e. The fraction of sp³-hybridized carbons (Fsp3) is 0.455. The van der Waals surface area contributed by atoms with Gasteiger partial charge in [-0.3, -0.25) is 9.69 Å². The SMILES string of the molecule is NCC1CC(=O)N(c2cc(CO)ccn2)C1. The van der Waals surface area contributed by atoms with Crippen LogP contribution in [-0.2, 0) is 11.4 Å². The van der Waals surface area contributed by atoms with Gasteiger partial charge in [0.05, 0.1) is 6.61 Å². The van der Waals surface area contributed by atoms with Crippen molar-refractivity contribution in [2.75, 3.05) is 18.0 Å². The largest absolute Gasteiger partial charge is 0.392 e. The second-order valence-electron chi connectivity index (χ2n) is 3.99. The molecule has 1 aromatic rings. The van der Waals surface area contributed by atoms with E-state index in [4.69, 9.17) is 10.8 Å². The van der Waals surface area contributed by atoms with E-state index in [9.17, 15) is 4.79 Å². The first-order valence-corrected chi connectivity index (χ1v) is 5.31. The fourth-order valence-electron chi connectivity index (χ4n) is 1.87. The molecule has 86 valence electrons. The lowest BCUT2D eigenvalue weighted by Gasteiger charge is -2.15. The van der Waals surface area contributed by atoms with Crippen molar-refractivity contribution in [3.8, 4) is 0 Å². The number of rotatable bonds is 3. The van der Waals surface area contributed by atoms with E-state index in [2.05, 4.69) is 4.98 Å². The molecule has 1 aliphatic rings. The number of aliphatic hydroxyl groups is 1. The van der Waals surface area contributed by atoms with E-state index in [0.29, 0.717) is 25.3 Å². The van der Waals surface area contributed by atoms with Gasteiger partial charge >= 0.3 is 0 Å². The van der Waals surface area contributed by atoms with Crippen molar-refractivity contribution < 1.29 is 9.90 Å². The minimum atomic E-state index is -0.0438. The van der Waals surface area contributed by atoms with Crippen molar-refractivity contribution in [2.24, 2.45) is 11.7 Å². The predicted octanol–water partition coefficient (Wildman–Crippen LogP) is -0.115.